The van der Waals surface area contributed by atoms with Gasteiger partial charge in [-0.3, -0.25) is 4.79 Å². The van der Waals surface area contributed by atoms with Crippen molar-refractivity contribution in [3.05, 3.63) is 71.8 Å². The highest BCUT2D eigenvalue weighted by atomic mass is 16.1. The summed E-state index contributed by atoms with van der Waals surface area (Å²) in [5, 5.41) is 2.87. The van der Waals surface area contributed by atoms with Gasteiger partial charge in [0.15, 0.2) is 0 Å². The predicted octanol–water partition coefficient (Wildman–Crippen LogP) is 9.18. The van der Waals surface area contributed by atoms with E-state index in [4.69, 9.17) is 0 Å². The van der Waals surface area contributed by atoms with Gasteiger partial charge in [0.05, 0.1) is 0 Å². The third-order valence-corrected chi connectivity index (χ3v) is 8.20. The van der Waals surface area contributed by atoms with Crippen molar-refractivity contribution < 1.29 is 4.79 Å². The lowest BCUT2D eigenvalue weighted by atomic mass is 9.77. The summed E-state index contributed by atoms with van der Waals surface area (Å²) in [5.41, 5.74) is 6.82. The summed E-state index contributed by atoms with van der Waals surface area (Å²) in [4.78, 5) is 11.4. The van der Waals surface area contributed by atoms with E-state index in [-0.39, 0.29) is 5.91 Å². The van der Waals surface area contributed by atoms with Crippen LogP contribution in [-0.4, -0.2) is 12.5 Å². The topological polar surface area (TPSA) is 29.1 Å². The van der Waals surface area contributed by atoms with Crippen LogP contribution < -0.4 is 5.32 Å². The maximum absolute atomic E-state index is 11.4. The molecular formula is C34H49NO. The zero-order valence-electron chi connectivity index (χ0n) is 23.0. The number of unbranched alkanes of at least 4 members (excludes halogenated alkanes) is 6. The Balaban J connectivity index is 1.47. The maximum atomic E-state index is 11.4. The van der Waals surface area contributed by atoms with Gasteiger partial charge in [-0.2, -0.15) is 0 Å². The Bertz CT molecular complexity index is 921. The molecule has 2 aromatic rings. The van der Waals surface area contributed by atoms with Crippen LogP contribution in [0, 0.1) is 5.92 Å². The summed E-state index contributed by atoms with van der Waals surface area (Å²) >= 11 is 0. The molecule has 36 heavy (non-hydrogen) atoms. The Labute approximate surface area is 221 Å². The first-order valence-corrected chi connectivity index (χ1v) is 14.8. The van der Waals surface area contributed by atoms with E-state index in [1.807, 2.05) is 0 Å². The number of rotatable bonds is 15. The highest BCUT2D eigenvalue weighted by Gasteiger charge is 2.22. The van der Waals surface area contributed by atoms with Gasteiger partial charge in [0.1, 0.15) is 0 Å². The smallest absolute Gasteiger partial charge is 0.243 e. The van der Waals surface area contributed by atoms with Crippen molar-refractivity contribution in [3.8, 4) is 11.1 Å². The number of carbonyl (C=O) groups excluding carboxylic acids is 1. The fraction of sp³-hybridized carbons (Fsp3) is 0.559. The molecule has 0 aromatic heterocycles. The van der Waals surface area contributed by atoms with E-state index in [1.54, 1.807) is 0 Å². The van der Waals surface area contributed by atoms with Gasteiger partial charge in [-0.15, -0.1) is 0 Å². The molecule has 1 amide bonds. The third kappa shape index (κ3) is 8.95. The van der Waals surface area contributed by atoms with E-state index in [0.29, 0.717) is 6.54 Å². The predicted molar refractivity (Wildman–Crippen MR) is 155 cm³/mol. The maximum Gasteiger partial charge on any atom is 0.243 e. The molecule has 0 aliphatic heterocycles. The second kappa shape index (κ2) is 15.7. The zero-order chi connectivity index (χ0) is 25.6. The van der Waals surface area contributed by atoms with Gasteiger partial charge < -0.3 is 5.32 Å². The van der Waals surface area contributed by atoms with Crippen molar-refractivity contribution >= 4 is 5.91 Å². The van der Waals surface area contributed by atoms with Gasteiger partial charge in [-0.25, -0.2) is 0 Å². The van der Waals surface area contributed by atoms with Crippen molar-refractivity contribution in [2.24, 2.45) is 5.92 Å². The number of carbonyl (C=O) groups is 1. The van der Waals surface area contributed by atoms with Gasteiger partial charge >= 0.3 is 0 Å². The van der Waals surface area contributed by atoms with Crippen molar-refractivity contribution in [1.82, 2.24) is 5.32 Å². The van der Waals surface area contributed by atoms with Gasteiger partial charge in [-0.05, 0) is 84.3 Å². The Morgan fingerprint density at radius 1 is 0.917 bits per heavy atom. The van der Waals surface area contributed by atoms with Gasteiger partial charge in [0.25, 0.3) is 0 Å². The molecule has 1 fully saturated rings. The molecule has 0 radical (unpaired) electrons. The second-order valence-electron chi connectivity index (χ2n) is 10.8. The number of amides is 1. The molecule has 1 aliphatic carbocycles. The quantitative estimate of drug-likeness (QED) is 0.197. The molecule has 0 heterocycles. The average molecular weight is 488 g/mol. The lowest BCUT2D eigenvalue weighted by Crippen LogP contribution is -2.23. The first kappa shape index (κ1) is 28.2. The van der Waals surface area contributed by atoms with E-state index in [9.17, 15) is 4.79 Å². The minimum Gasteiger partial charge on any atom is -0.352 e. The van der Waals surface area contributed by atoms with Gasteiger partial charge in [0.2, 0.25) is 5.91 Å². The number of benzene rings is 2. The Hall–Kier alpha value is -2.35. The minimum atomic E-state index is -0.107. The number of aryl methyl sites for hydroxylation is 1. The van der Waals surface area contributed by atoms with E-state index in [1.165, 1.54) is 111 Å². The fourth-order valence-corrected chi connectivity index (χ4v) is 5.89. The van der Waals surface area contributed by atoms with Gasteiger partial charge in [0, 0.05) is 6.54 Å². The Kier molecular flexibility index (Phi) is 12.3. The highest BCUT2D eigenvalue weighted by molar-refractivity contribution is 5.86. The first-order valence-electron chi connectivity index (χ1n) is 14.8. The number of hydrogen-bond donors (Lipinski definition) is 1. The summed E-state index contributed by atoms with van der Waals surface area (Å²) in [6.07, 6.45) is 20.1. The number of nitrogens with one attached hydrogen (secondary N) is 1. The van der Waals surface area contributed by atoms with E-state index in [0.717, 1.165) is 24.7 Å². The van der Waals surface area contributed by atoms with Crippen LogP contribution >= 0.6 is 0 Å². The lowest BCUT2D eigenvalue weighted by molar-refractivity contribution is -0.116. The molecule has 2 aromatic carbocycles. The monoisotopic (exact) mass is 487 g/mol. The molecular weight excluding hydrogens is 438 g/mol. The third-order valence-electron chi connectivity index (χ3n) is 8.20. The highest BCUT2D eigenvalue weighted by Crippen LogP contribution is 2.38. The van der Waals surface area contributed by atoms with Crippen LogP contribution in [0.3, 0.4) is 0 Å². The zero-order valence-corrected chi connectivity index (χ0v) is 23.0. The standard InChI is InChI=1S/C34H49NO/c1-4-7-8-9-10-11-12-13-27-14-17-30(18-15-27)31-19-21-32(22-20-31)33-23-16-28(26-29(33)5-2)24-25-35-34(36)6-3/h6,16,19-23,26-27,30H,3-5,7-15,17-18,24-25H2,1-2H3,(H,35,36). The van der Waals surface area contributed by atoms with E-state index in [2.05, 4.69) is 68.2 Å². The summed E-state index contributed by atoms with van der Waals surface area (Å²) < 4.78 is 0. The van der Waals surface area contributed by atoms with E-state index < -0.39 is 0 Å². The van der Waals surface area contributed by atoms with Gasteiger partial charge in [-0.1, -0.05) is 114 Å². The summed E-state index contributed by atoms with van der Waals surface area (Å²) in [5.74, 6) is 1.60. The summed E-state index contributed by atoms with van der Waals surface area (Å²) in [6, 6.07) is 16.2. The number of hydrogen-bond acceptors (Lipinski definition) is 1. The molecule has 2 heteroatoms. The van der Waals surface area contributed by atoms with Crippen LogP contribution in [0.4, 0.5) is 0 Å². The molecule has 1 saturated carbocycles. The molecule has 2 nitrogen and oxygen atoms in total. The van der Waals surface area contributed by atoms with Crippen LogP contribution in [0.25, 0.3) is 11.1 Å². The summed E-state index contributed by atoms with van der Waals surface area (Å²) in [6.45, 7) is 8.67. The molecule has 1 N–H and O–H groups in total. The van der Waals surface area contributed by atoms with Crippen molar-refractivity contribution in [2.45, 2.75) is 110 Å². The van der Waals surface area contributed by atoms with Crippen LogP contribution in [0.2, 0.25) is 0 Å². The Morgan fingerprint density at radius 2 is 1.61 bits per heavy atom. The molecule has 0 spiro atoms. The van der Waals surface area contributed by atoms with Crippen molar-refractivity contribution in [1.29, 1.82) is 0 Å². The minimum absolute atomic E-state index is 0.107. The molecule has 196 valence electrons. The van der Waals surface area contributed by atoms with Crippen LogP contribution in [0.1, 0.15) is 114 Å². The summed E-state index contributed by atoms with van der Waals surface area (Å²) in [7, 11) is 0. The SMILES string of the molecule is C=CC(=O)NCCc1ccc(-c2ccc(C3CCC(CCCCCCCCC)CC3)cc2)c(CC)c1. The van der Waals surface area contributed by atoms with Crippen LogP contribution in [0.5, 0.6) is 0 Å². The molecule has 0 atom stereocenters. The van der Waals surface area contributed by atoms with Crippen molar-refractivity contribution in [3.63, 3.8) is 0 Å². The first-order chi connectivity index (χ1) is 17.6. The second-order valence-corrected chi connectivity index (χ2v) is 10.8. The molecule has 0 bridgehead atoms. The lowest BCUT2D eigenvalue weighted by Gasteiger charge is -2.29. The van der Waals surface area contributed by atoms with Crippen molar-refractivity contribution in [2.75, 3.05) is 6.54 Å². The fourth-order valence-electron chi connectivity index (χ4n) is 5.89. The van der Waals surface area contributed by atoms with Crippen LogP contribution in [0.15, 0.2) is 55.1 Å². The Morgan fingerprint density at radius 3 is 2.28 bits per heavy atom. The molecule has 0 saturated heterocycles. The van der Waals surface area contributed by atoms with E-state index >= 15 is 0 Å². The average Bonchev–Trinajstić information content (AvgIpc) is 2.93. The normalized spacial score (nSPS) is 17.6. The molecule has 0 unspecified atom stereocenters. The van der Waals surface area contributed by atoms with Crippen LogP contribution in [-0.2, 0) is 17.6 Å². The largest absolute Gasteiger partial charge is 0.352 e. The molecule has 1 aliphatic rings. The molecule has 3 rings (SSSR count).